The first-order chi connectivity index (χ1) is 15.2. The van der Waals surface area contributed by atoms with Gasteiger partial charge in [-0.3, -0.25) is 9.59 Å². The van der Waals surface area contributed by atoms with E-state index in [2.05, 4.69) is 10.6 Å². The molecule has 0 atom stereocenters. The average Bonchev–Trinajstić information content (AvgIpc) is 3.17. The van der Waals surface area contributed by atoms with Crippen LogP contribution < -0.4 is 20.1 Å². The number of hydrogen-bond acceptors (Lipinski definition) is 5. The molecule has 0 aliphatic heterocycles. The molecule has 3 aromatic carbocycles. The summed E-state index contributed by atoms with van der Waals surface area (Å²) in [5.41, 5.74) is 1.25. The Morgan fingerprint density at radius 2 is 1.58 bits per heavy atom. The number of carbonyl (C=O) groups excluding carboxylic acids is 2. The van der Waals surface area contributed by atoms with Crippen molar-refractivity contribution >= 4 is 34.2 Å². The van der Waals surface area contributed by atoms with E-state index in [1.807, 2.05) is 18.2 Å². The Bertz CT molecular complexity index is 1220. The Kier molecular flexibility index (Phi) is 5.84. The molecule has 1 heterocycles. The second-order valence-electron chi connectivity index (χ2n) is 6.61. The van der Waals surface area contributed by atoms with E-state index in [0.29, 0.717) is 28.2 Å². The number of nitrogens with one attached hydrogen (secondary N) is 2. The number of para-hydroxylation sites is 4. The summed E-state index contributed by atoms with van der Waals surface area (Å²) >= 11 is 0. The quantitative estimate of drug-likeness (QED) is 0.455. The number of hydrogen-bond donors (Lipinski definition) is 2. The van der Waals surface area contributed by atoms with Crippen LogP contribution in [0.3, 0.4) is 0 Å². The third kappa shape index (κ3) is 4.51. The molecule has 0 radical (unpaired) electrons. The van der Waals surface area contributed by atoms with E-state index < -0.39 is 11.8 Å². The van der Waals surface area contributed by atoms with Crippen molar-refractivity contribution in [3.8, 4) is 11.5 Å². The largest absolute Gasteiger partial charge is 0.495 e. The molecule has 4 rings (SSSR count). The molecule has 0 saturated heterocycles. The van der Waals surface area contributed by atoms with Crippen molar-refractivity contribution in [1.29, 1.82) is 0 Å². The molecule has 31 heavy (non-hydrogen) atoms. The normalized spacial score (nSPS) is 10.5. The fourth-order valence-electron chi connectivity index (χ4n) is 3.10. The van der Waals surface area contributed by atoms with Gasteiger partial charge < -0.3 is 24.5 Å². The van der Waals surface area contributed by atoms with Gasteiger partial charge in [-0.1, -0.05) is 42.5 Å². The Morgan fingerprint density at radius 3 is 2.39 bits per heavy atom. The Morgan fingerprint density at radius 1 is 0.871 bits per heavy atom. The number of methoxy groups -OCH3 is 1. The van der Waals surface area contributed by atoms with Crippen LogP contribution in [0.15, 0.2) is 83.3 Å². The number of fused-ring (bicyclic) bond motifs is 1. The lowest BCUT2D eigenvalue weighted by Crippen LogP contribution is -2.22. The molecule has 4 aromatic rings. The number of amides is 2. The number of benzene rings is 3. The standard InChI is InChI=1S/C24H20N2O5/c1-29-20-14-8-6-12-18(20)25-24(28)23-22(17-11-5-7-13-19(17)31-23)26-21(27)15-30-16-9-3-2-4-10-16/h2-14H,15H2,1H3,(H,25,28)(H,26,27). The minimum atomic E-state index is -0.514. The summed E-state index contributed by atoms with van der Waals surface area (Å²) in [6.45, 7) is -0.211. The summed E-state index contributed by atoms with van der Waals surface area (Å²) in [6, 6.07) is 23.1. The Labute approximate surface area is 178 Å². The van der Waals surface area contributed by atoms with Gasteiger partial charge in [0.25, 0.3) is 11.8 Å². The van der Waals surface area contributed by atoms with Crippen LogP contribution in [0.2, 0.25) is 0 Å². The summed E-state index contributed by atoms with van der Waals surface area (Å²) in [5.74, 6) is 0.138. The zero-order valence-electron chi connectivity index (χ0n) is 16.8. The van der Waals surface area contributed by atoms with E-state index in [0.717, 1.165) is 0 Å². The van der Waals surface area contributed by atoms with Crippen molar-refractivity contribution in [3.05, 3.63) is 84.6 Å². The van der Waals surface area contributed by atoms with Crippen LogP contribution in [0, 0.1) is 0 Å². The van der Waals surface area contributed by atoms with Gasteiger partial charge in [0.1, 0.15) is 22.8 Å². The van der Waals surface area contributed by atoms with Gasteiger partial charge in [0.15, 0.2) is 6.61 Å². The highest BCUT2D eigenvalue weighted by atomic mass is 16.5. The molecule has 1 aromatic heterocycles. The Hall–Kier alpha value is -4.26. The number of carbonyl (C=O) groups is 2. The third-order valence-corrected chi connectivity index (χ3v) is 4.53. The molecular formula is C24H20N2O5. The topological polar surface area (TPSA) is 89.8 Å². The molecule has 0 aliphatic carbocycles. The SMILES string of the molecule is COc1ccccc1NC(=O)c1oc2ccccc2c1NC(=O)COc1ccccc1. The van der Waals surface area contributed by atoms with E-state index in [1.54, 1.807) is 60.7 Å². The number of ether oxygens (including phenoxy) is 2. The minimum absolute atomic E-state index is 0.0137. The van der Waals surface area contributed by atoms with E-state index >= 15 is 0 Å². The van der Waals surface area contributed by atoms with Crippen molar-refractivity contribution in [2.24, 2.45) is 0 Å². The molecular weight excluding hydrogens is 396 g/mol. The first-order valence-electron chi connectivity index (χ1n) is 9.59. The van der Waals surface area contributed by atoms with Gasteiger partial charge in [0.2, 0.25) is 5.76 Å². The maximum Gasteiger partial charge on any atom is 0.293 e. The van der Waals surface area contributed by atoms with Crippen molar-refractivity contribution in [1.82, 2.24) is 0 Å². The van der Waals surface area contributed by atoms with Crippen LogP contribution >= 0.6 is 0 Å². The molecule has 0 fully saturated rings. The molecule has 7 heteroatoms. The molecule has 2 N–H and O–H groups in total. The molecule has 0 aliphatic rings. The maximum atomic E-state index is 13.0. The van der Waals surface area contributed by atoms with Gasteiger partial charge in [-0.05, 0) is 36.4 Å². The molecule has 2 amide bonds. The van der Waals surface area contributed by atoms with Gasteiger partial charge in [-0.2, -0.15) is 0 Å². The lowest BCUT2D eigenvalue weighted by Gasteiger charge is -2.10. The van der Waals surface area contributed by atoms with Gasteiger partial charge in [-0.25, -0.2) is 0 Å². The summed E-state index contributed by atoms with van der Waals surface area (Å²) < 4.78 is 16.5. The van der Waals surface area contributed by atoms with Gasteiger partial charge in [0, 0.05) is 5.39 Å². The van der Waals surface area contributed by atoms with Crippen molar-refractivity contribution < 1.29 is 23.5 Å². The van der Waals surface area contributed by atoms with Gasteiger partial charge in [0.05, 0.1) is 12.8 Å². The van der Waals surface area contributed by atoms with Crippen LogP contribution in [-0.2, 0) is 4.79 Å². The fraction of sp³-hybridized carbons (Fsp3) is 0.0833. The average molecular weight is 416 g/mol. The number of anilines is 2. The van der Waals surface area contributed by atoms with E-state index in [4.69, 9.17) is 13.9 Å². The first-order valence-corrected chi connectivity index (χ1v) is 9.59. The number of furan rings is 1. The van der Waals surface area contributed by atoms with Crippen LogP contribution in [0.5, 0.6) is 11.5 Å². The van der Waals surface area contributed by atoms with Crippen LogP contribution in [-0.4, -0.2) is 25.5 Å². The second kappa shape index (κ2) is 9.04. The van der Waals surface area contributed by atoms with E-state index in [-0.39, 0.29) is 18.1 Å². The third-order valence-electron chi connectivity index (χ3n) is 4.53. The van der Waals surface area contributed by atoms with Crippen LogP contribution in [0.25, 0.3) is 11.0 Å². The highest BCUT2D eigenvalue weighted by molar-refractivity contribution is 6.15. The zero-order valence-corrected chi connectivity index (χ0v) is 16.8. The molecule has 0 bridgehead atoms. The lowest BCUT2D eigenvalue weighted by atomic mass is 10.2. The highest BCUT2D eigenvalue weighted by Crippen LogP contribution is 2.32. The summed E-state index contributed by atoms with van der Waals surface area (Å²) in [6.07, 6.45) is 0. The molecule has 0 saturated carbocycles. The van der Waals surface area contributed by atoms with Crippen LogP contribution in [0.4, 0.5) is 11.4 Å². The van der Waals surface area contributed by atoms with E-state index in [1.165, 1.54) is 7.11 Å². The molecule has 156 valence electrons. The van der Waals surface area contributed by atoms with E-state index in [9.17, 15) is 9.59 Å². The molecule has 0 unspecified atom stereocenters. The molecule has 7 nitrogen and oxygen atoms in total. The predicted molar refractivity (Wildman–Crippen MR) is 118 cm³/mol. The van der Waals surface area contributed by atoms with Gasteiger partial charge in [-0.15, -0.1) is 0 Å². The summed E-state index contributed by atoms with van der Waals surface area (Å²) in [5, 5.41) is 6.13. The highest BCUT2D eigenvalue weighted by Gasteiger charge is 2.23. The van der Waals surface area contributed by atoms with Crippen LogP contribution in [0.1, 0.15) is 10.6 Å². The second-order valence-corrected chi connectivity index (χ2v) is 6.61. The molecule has 0 spiro atoms. The zero-order chi connectivity index (χ0) is 21.6. The first kappa shape index (κ1) is 20.0. The fourth-order valence-corrected chi connectivity index (χ4v) is 3.10. The Balaban J connectivity index is 1.58. The number of rotatable bonds is 7. The van der Waals surface area contributed by atoms with Gasteiger partial charge >= 0.3 is 0 Å². The van der Waals surface area contributed by atoms with Crippen molar-refractivity contribution in [3.63, 3.8) is 0 Å². The summed E-state index contributed by atoms with van der Waals surface area (Å²) in [4.78, 5) is 25.5. The summed E-state index contributed by atoms with van der Waals surface area (Å²) in [7, 11) is 1.52. The monoisotopic (exact) mass is 416 g/mol. The smallest absolute Gasteiger partial charge is 0.293 e. The van der Waals surface area contributed by atoms with Crippen molar-refractivity contribution in [2.75, 3.05) is 24.4 Å². The minimum Gasteiger partial charge on any atom is -0.495 e. The predicted octanol–water partition coefficient (Wildman–Crippen LogP) is 4.71. The van der Waals surface area contributed by atoms with Crippen molar-refractivity contribution in [2.45, 2.75) is 0 Å². The maximum absolute atomic E-state index is 13.0. The lowest BCUT2D eigenvalue weighted by molar-refractivity contribution is -0.118.